The fraction of sp³-hybridized carbons (Fsp3) is 0.600. The zero-order valence-corrected chi connectivity index (χ0v) is 8.95. The maximum Gasteiger partial charge on any atom is 0.347 e. The van der Waals surface area contributed by atoms with Crippen molar-refractivity contribution in [3.05, 3.63) is 28.4 Å². The van der Waals surface area contributed by atoms with Gasteiger partial charge >= 0.3 is 5.69 Å². The Kier molecular flexibility index (Phi) is 3.83. The molecular formula is C10H17N3O. The maximum absolute atomic E-state index is 11.3. The average Bonchev–Trinajstić information content (AvgIpc) is 2.10. The van der Waals surface area contributed by atoms with E-state index in [1.165, 1.54) is 0 Å². The van der Waals surface area contributed by atoms with Gasteiger partial charge in [-0.25, -0.2) is 9.78 Å². The van der Waals surface area contributed by atoms with Gasteiger partial charge < -0.3 is 5.32 Å². The Morgan fingerprint density at radius 2 is 2.29 bits per heavy atom. The van der Waals surface area contributed by atoms with E-state index in [1.807, 2.05) is 13.1 Å². The Bertz CT molecular complexity index is 343. The molecule has 0 atom stereocenters. The lowest BCUT2D eigenvalue weighted by molar-refractivity contribution is 0.528. The molecule has 0 saturated carbocycles. The molecule has 0 aliphatic heterocycles. The molecule has 0 saturated heterocycles. The molecule has 0 amide bonds. The number of aromatic nitrogens is 2. The zero-order valence-electron chi connectivity index (χ0n) is 8.95. The number of nitrogens with zero attached hydrogens (tertiary/aromatic N) is 2. The van der Waals surface area contributed by atoms with Crippen LogP contribution in [-0.2, 0) is 6.54 Å². The van der Waals surface area contributed by atoms with E-state index in [2.05, 4.69) is 24.1 Å². The zero-order chi connectivity index (χ0) is 10.6. The van der Waals surface area contributed by atoms with Crippen LogP contribution in [0.25, 0.3) is 0 Å². The summed E-state index contributed by atoms with van der Waals surface area (Å²) in [5.74, 6) is 0. The highest BCUT2D eigenvalue weighted by molar-refractivity contribution is 4.99. The predicted molar refractivity (Wildman–Crippen MR) is 56.4 cm³/mol. The molecule has 0 aliphatic carbocycles. The lowest BCUT2D eigenvalue weighted by atomic mass is 10.4. The normalized spacial score (nSPS) is 10.9. The number of nitrogens with one attached hydrogen (secondary N) is 1. The smallest absolute Gasteiger partial charge is 0.313 e. The van der Waals surface area contributed by atoms with Crippen LogP contribution in [0.15, 0.2) is 17.2 Å². The van der Waals surface area contributed by atoms with E-state index >= 15 is 0 Å². The van der Waals surface area contributed by atoms with Crippen molar-refractivity contribution in [2.24, 2.45) is 0 Å². The van der Waals surface area contributed by atoms with Crippen LogP contribution in [0.4, 0.5) is 0 Å². The van der Waals surface area contributed by atoms with Crippen LogP contribution in [0.2, 0.25) is 0 Å². The lowest BCUT2D eigenvalue weighted by Crippen LogP contribution is -2.31. The van der Waals surface area contributed by atoms with Gasteiger partial charge in [0, 0.05) is 31.5 Å². The summed E-state index contributed by atoms with van der Waals surface area (Å²) in [5, 5.41) is 3.25. The minimum absolute atomic E-state index is 0.179. The first-order valence-electron chi connectivity index (χ1n) is 4.86. The van der Waals surface area contributed by atoms with E-state index < -0.39 is 0 Å². The van der Waals surface area contributed by atoms with Gasteiger partial charge in [-0.1, -0.05) is 13.8 Å². The van der Waals surface area contributed by atoms with Gasteiger partial charge in [0.2, 0.25) is 0 Å². The third kappa shape index (κ3) is 3.30. The SMILES string of the molecule is Cc1cnc(=O)n(CCNC(C)C)c1. The van der Waals surface area contributed by atoms with Gasteiger partial charge in [0.05, 0.1) is 0 Å². The van der Waals surface area contributed by atoms with Crippen molar-refractivity contribution < 1.29 is 0 Å². The molecule has 0 aliphatic rings. The first kappa shape index (κ1) is 10.9. The van der Waals surface area contributed by atoms with E-state index in [-0.39, 0.29) is 5.69 Å². The van der Waals surface area contributed by atoms with Crippen molar-refractivity contribution in [2.45, 2.75) is 33.4 Å². The van der Waals surface area contributed by atoms with Gasteiger partial charge in [0.1, 0.15) is 0 Å². The van der Waals surface area contributed by atoms with Crippen molar-refractivity contribution in [2.75, 3.05) is 6.54 Å². The van der Waals surface area contributed by atoms with E-state index in [4.69, 9.17) is 0 Å². The fourth-order valence-electron chi connectivity index (χ4n) is 1.20. The van der Waals surface area contributed by atoms with Crippen LogP contribution in [0.3, 0.4) is 0 Å². The molecule has 4 nitrogen and oxygen atoms in total. The first-order chi connectivity index (χ1) is 6.59. The van der Waals surface area contributed by atoms with Gasteiger partial charge in [0.25, 0.3) is 0 Å². The first-order valence-corrected chi connectivity index (χ1v) is 4.86. The molecule has 0 bridgehead atoms. The lowest BCUT2D eigenvalue weighted by Gasteiger charge is -2.09. The summed E-state index contributed by atoms with van der Waals surface area (Å²) < 4.78 is 1.63. The molecule has 1 heterocycles. The number of aryl methyl sites for hydroxylation is 1. The highest BCUT2D eigenvalue weighted by Crippen LogP contribution is 1.89. The number of hydrogen-bond donors (Lipinski definition) is 1. The third-order valence-electron chi connectivity index (χ3n) is 1.89. The maximum atomic E-state index is 11.3. The van der Waals surface area contributed by atoms with Crippen LogP contribution in [0.1, 0.15) is 19.4 Å². The summed E-state index contributed by atoms with van der Waals surface area (Å²) in [7, 11) is 0. The highest BCUT2D eigenvalue weighted by atomic mass is 16.1. The standard InChI is InChI=1S/C10H17N3O/c1-8(2)11-4-5-13-7-9(3)6-12-10(13)14/h6-8,11H,4-5H2,1-3H3. The molecule has 0 fully saturated rings. The molecule has 0 unspecified atom stereocenters. The van der Waals surface area contributed by atoms with E-state index in [0.29, 0.717) is 12.6 Å². The Labute approximate surface area is 84.0 Å². The Morgan fingerprint density at radius 1 is 1.57 bits per heavy atom. The molecule has 4 heteroatoms. The van der Waals surface area contributed by atoms with Crippen LogP contribution < -0.4 is 11.0 Å². The average molecular weight is 195 g/mol. The molecule has 1 N–H and O–H groups in total. The predicted octanol–water partition coefficient (Wildman–Crippen LogP) is 0.550. The molecule has 0 radical (unpaired) electrons. The molecule has 0 aromatic carbocycles. The van der Waals surface area contributed by atoms with Gasteiger partial charge in [0.15, 0.2) is 0 Å². The van der Waals surface area contributed by atoms with E-state index in [1.54, 1.807) is 10.8 Å². The Balaban J connectivity index is 2.58. The third-order valence-corrected chi connectivity index (χ3v) is 1.89. The summed E-state index contributed by atoms with van der Waals surface area (Å²) in [6, 6.07) is 0.448. The second-order valence-corrected chi connectivity index (χ2v) is 3.72. The quantitative estimate of drug-likeness (QED) is 0.763. The summed E-state index contributed by atoms with van der Waals surface area (Å²) in [4.78, 5) is 15.0. The molecule has 1 rings (SSSR count). The summed E-state index contributed by atoms with van der Waals surface area (Å²) in [6.45, 7) is 7.56. The van der Waals surface area contributed by atoms with Crippen molar-refractivity contribution in [3.8, 4) is 0 Å². The Hall–Kier alpha value is -1.16. The largest absolute Gasteiger partial charge is 0.347 e. The van der Waals surface area contributed by atoms with Crippen LogP contribution in [-0.4, -0.2) is 22.1 Å². The fourth-order valence-corrected chi connectivity index (χ4v) is 1.20. The van der Waals surface area contributed by atoms with Crippen molar-refractivity contribution in [1.29, 1.82) is 0 Å². The summed E-state index contributed by atoms with van der Waals surface area (Å²) in [6.07, 6.45) is 3.42. The second kappa shape index (κ2) is 4.91. The van der Waals surface area contributed by atoms with Crippen molar-refractivity contribution in [3.63, 3.8) is 0 Å². The highest BCUT2D eigenvalue weighted by Gasteiger charge is 1.97. The minimum atomic E-state index is -0.179. The topological polar surface area (TPSA) is 46.9 Å². The monoisotopic (exact) mass is 195 g/mol. The molecule has 14 heavy (non-hydrogen) atoms. The van der Waals surface area contributed by atoms with Crippen molar-refractivity contribution >= 4 is 0 Å². The van der Waals surface area contributed by atoms with E-state index in [0.717, 1.165) is 12.1 Å². The van der Waals surface area contributed by atoms with Crippen molar-refractivity contribution in [1.82, 2.24) is 14.9 Å². The van der Waals surface area contributed by atoms with Crippen LogP contribution >= 0.6 is 0 Å². The van der Waals surface area contributed by atoms with Gasteiger partial charge in [-0.2, -0.15) is 0 Å². The summed E-state index contributed by atoms with van der Waals surface area (Å²) >= 11 is 0. The molecule has 1 aromatic rings. The van der Waals surface area contributed by atoms with Crippen LogP contribution in [0.5, 0.6) is 0 Å². The minimum Gasteiger partial charge on any atom is -0.313 e. The molecule has 1 aromatic heterocycles. The van der Waals surface area contributed by atoms with Gasteiger partial charge in [-0.3, -0.25) is 4.57 Å². The number of hydrogen-bond acceptors (Lipinski definition) is 3. The molecule has 0 spiro atoms. The molecular weight excluding hydrogens is 178 g/mol. The Morgan fingerprint density at radius 3 is 2.93 bits per heavy atom. The second-order valence-electron chi connectivity index (χ2n) is 3.72. The van der Waals surface area contributed by atoms with Crippen LogP contribution in [0, 0.1) is 6.92 Å². The summed E-state index contributed by atoms with van der Waals surface area (Å²) in [5.41, 5.74) is 0.829. The molecule has 78 valence electrons. The van der Waals surface area contributed by atoms with E-state index in [9.17, 15) is 4.79 Å². The van der Waals surface area contributed by atoms with Gasteiger partial charge in [-0.15, -0.1) is 0 Å². The number of rotatable bonds is 4. The van der Waals surface area contributed by atoms with Gasteiger partial charge in [-0.05, 0) is 12.5 Å².